The number of anilines is 1. The highest BCUT2D eigenvalue weighted by molar-refractivity contribution is 5.86. The molecule has 2 aliphatic rings. The first-order valence-corrected chi connectivity index (χ1v) is 9.65. The van der Waals surface area contributed by atoms with Gasteiger partial charge in [-0.3, -0.25) is 9.69 Å². The summed E-state index contributed by atoms with van der Waals surface area (Å²) in [5, 5.41) is 0. The number of hydrogen-bond acceptors (Lipinski definition) is 4. The average molecular weight is 345 g/mol. The Morgan fingerprint density at radius 2 is 1.72 bits per heavy atom. The topological polar surface area (TPSA) is 52.8 Å². The van der Waals surface area contributed by atoms with Crippen molar-refractivity contribution < 1.29 is 4.79 Å². The van der Waals surface area contributed by atoms with Gasteiger partial charge < -0.3 is 15.5 Å². The lowest BCUT2D eigenvalue weighted by atomic mass is 9.81. The largest absolute Gasteiger partial charge is 0.369 e. The van der Waals surface area contributed by atoms with Gasteiger partial charge >= 0.3 is 0 Å². The second-order valence-electron chi connectivity index (χ2n) is 7.61. The van der Waals surface area contributed by atoms with Crippen molar-refractivity contribution >= 4 is 11.6 Å². The summed E-state index contributed by atoms with van der Waals surface area (Å²) in [6, 6.07) is 10.6. The Bertz CT molecular complexity index is 548. The Hall–Kier alpha value is -1.59. The molecule has 0 spiro atoms. The van der Waals surface area contributed by atoms with Crippen molar-refractivity contribution in [3.05, 3.63) is 30.3 Å². The van der Waals surface area contributed by atoms with Crippen LogP contribution in [0.2, 0.25) is 0 Å². The highest BCUT2D eigenvalue weighted by Gasteiger charge is 2.37. The highest BCUT2D eigenvalue weighted by Crippen LogP contribution is 2.27. The number of para-hydroxylation sites is 1. The summed E-state index contributed by atoms with van der Waals surface area (Å²) in [5.41, 5.74) is 7.07. The maximum Gasteiger partial charge on any atom is 0.242 e. The highest BCUT2D eigenvalue weighted by atomic mass is 16.2. The molecule has 1 aliphatic heterocycles. The number of nitrogens with zero attached hydrogens (tertiary/aromatic N) is 3. The van der Waals surface area contributed by atoms with E-state index in [-0.39, 0.29) is 5.91 Å². The van der Waals surface area contributed by atoms with Crippen LogP contribution in [-0.4, -0.2) is 67.6 Å². The molecule has 5 nitrogen and oxygen atoms in total. The summed E-state index contributed by atoms with van der Waals surface area (Å²) >= 11 is 0. The lowest BCUT2D eigenvalue weighted by Crippen LogP contribution is -2.56. The van der Waals surface area contributed by atoms with Gasteiger partial charge in [-0.05, 0) is 25.0 Å². The van der Waals surface area contributed by atoms with Crippen molar-refractivity contribution in [2.45, 2.75) is 37.6 Å². The molecule has 138 valence electrons. The monoisotopic (exact) mass is 344 g/mol. The van der Waals surface area contributed by atoms with Gasteiger partial charge in [0, 0.05) is 52.0 Å². The van der Waals surface area contributed by atoms with Gasteiger partial charge in [-0.25, -0.2) is 0 Å². The Labute approximate surface area is 151 Å². The molecule has 0 bridgehead atoms. The van der Waals surface area contributed by atoms with Gasteiger partial charge in [-0.15, -0.1) is 0 Å². The zero-order valence-electron chi connectivity index (χ0n) is 15.5. The van der Waals surface area contributed by atoms with Crippen LogP contribution in [0.5, 0.6) is 0 Å². The van der Waals surface area contributed by atoms with Gasteiger partial charge in [0.2, 0.25) is 5.91 Å². The van der Waals surface area contributed by atoms with Crippen LogP contribution in [0.3, 0.4) is 0 Å². The average Bonchev–Trinajstić information content (AvgIpc) is 2.67. The molecule has 5 heteroatoms. The molecule has 1 saturated heterocycles. The van der Waals surface area contributed by atoms with E-state index in [0.29, 0.717) is 0 Å². The molecule has 0 aromatic heterocycles. The molecule has 1 aliphatic carbocycles. The van der Waals surface area contributed by atoms with Gasteiger partial charge in [0.1, 0.15) is 0 Å². The van der Waals surface area contributed by atoms with Crippen molar-refractivity contribution in [1.29, 1.82) is 0 Å². The smallest absolute Gasteiger partial charge is 0.242 e. The predicted octanol–water partition coefficient (Wildman–Crippen LogP) is 1.93. The molecular formula is C20H32N4O. The second-order valence-corrected chi connectivity index (χ2v) is 7.61. The van der Waals surface area contributed by atoms with Crippen LogP contribution < -0.4 is 10.6 Å². The third kappa shape index (κ3) is 4.53. The molecule has 1 amide bonds. The van der Waals surface area contributed by atoms with E-state index in [1.807, 2.05) is 11.9 Å². The SMILES string of the molecule is CN(CCN1CCN(c2ccccc2)CC1)C(=O)C1(N)CCCCC1. The molecule has 25 heavy (non-hydrogen) atoms. The van der Waals surface area contributed by atoms with E-state index < -0.39 is 5.54 Å². The summed E-state index contributed by atoms with van der Waals surface area (Å²) in [5.74, 6) is 0.134. The van der Waals surface area contributed by atoms with E-state index in [2.05, 4.69) is 40.1 Å². The van der Waals surface area contributed by atoms with E-state index >= 15 is 0 Å². The van der Waals surface area contributed by atoms with E-state index in [4.69, 9.17) is 5.73 Å². The fourth-order valence-corrected chi connectivity index (χ4v) is 4.04. The molecule has 1 aromatic rings. The maximum absolute atomic E-state index is 12.7. The van der Waals surface area contributed by atoms with Crippen molar-refractivity contribution in [2.24, 2.45) is 5.73 Å². The molecule has 2 fully saturated rings. The van der Waals surface area contributed by atoms with Crippen LogP contribution in [-0.2, 0) is 4.79 Å². The van der Waals surface area contributed by atoms with Crippen LogP contribution in [0.1, 0.15) is 32.1 Å². The number of carbonyl (C=O) groups is 1. The Morgan fingerprint density at radius 3 is 2.36 bits per heavy atom. The van der Waals surface area contributed by atoms with Crippen LogP contribution in [0.25, 0.3) is 0 Å². The molecule has 1 saturated carbocycles. The normalized spacial score (nSPS) is 21.1. The molecule has 3 rings (SSSR count). The number of hydrogen-bond donors (Lipinski definition) is 1. The van der Waals surface area contributed by atoms with Crippen LogP contribution >= 0.6 is 0 Å². The minimum absolute atomic E-state index is 0.134. The first-order chi connectivity index (χ1) is 12.1. The third-order valence-electron chi connectivity index (χ3n) is 5.76. The van der Waals surface area contributed by atoms with Crippen molar-refractivity contribution in [3.63, 3.8) is 0 Å². The van der Waals surface area contributed by atoms with E-state index in [9.17, 15) is 4.79 Å². The summed E-state index contributed by atoms with van der Waals surface area (Å²) in [6.45, 7) is 5.88. The molecular weight excluding hydrogens is 312 g/mol. The van der Waals surface area contributed by atoms with Crippen LogP contribution in [0, 0.1) is 0 Å². The summed E-state index contributed by atoms with van der Waals surface area (Å²) in [7, 11) is 1.91. The number of likely N-dealkylation sites (N-methyl/N-ethyl adjacent to an activating group) is 1. The number of carbonyl (C=O) groups excluding carboxylic acids is 1. The zero-order chi connectivity index (χ0) is 17.7. The molecule has 0 atom stereocenters. The molecule has 0 unspecified atom stereocenters. The Morgan fingerprint density at radius 1 is 1.08 bits per heavy atom. The molecule has 1 aromatic carbocycles. The van der Waals surface area contributed by atoms with E-state index in [0.717, 1.165) is 65.0 Å². The minimum atomic E-state index is -0.612. The quantitative estimate of drug-likeness (QED) is 0.887. The number of nitrogens with two attached hydrogens (primary N) is 1. The molecule has 0 radical (unpaired) electrons. The fraction of sp³-hybridized carbons (Fsp3) is 0.650. The first kappa shape index (κ1) is 18.2. The lowest BCUT2D eigenvalue weighted by molar-refractivity contribution is -0.137. The predicted molar refractivity (Wildman–Crippen MR) is 103 cm³/mol. The lowest BCUT2D eigenvalue weighted by Gasteiger charge is -2.38. The van der Waals surface area contributed by atoms with Gasteiger partial charge in [0.05, 0.1) is 5.54 Å². The molecule has 1 heterocycles. The van der Waals surface area contributed by atoms with E-state index in [1.165, 1.54) is 12.1 Å². The summed E-state index contributed by atoms with van der Waals surface area (Å²) in [6.07, 6.45) is 5.05. The van der Waals surface area contributed by atoms with Gasteiger partial charge in [-0.1, -0.05) is 37.5 Å². The number of rotatable bonds is 5. The molecule has 2 N–H and O–H groups in total. The first-order valence-electron chi connectivity index (χ1n) is 9.65. The number of amides is 1. The standard InChI is InChI=1S/C20H32N4O/c1-22(19(25)20(21)10-6-3-7-11-20)12-13-23-14-16-24(17-15-23)18-8-4-2-5-9-18/h2,4-5,8-9H,3,6-7,10-17,21H2,1H3. The number of benzene rings is 1. The van der Waals surface area contributed by atoms with E-state index in [1.54, 1.807) is 0 Å². The van der Waals surface area contributed by atoms with Crippen LogP contribution in [0.4, 0.5) is 5.69 Å². The van der Waals surface area contributed by atoms with Crippen LogP contribution in [0.15, 0.2) is 30.3 Å². The second kappa shape index (κ2) is 8.19. The Balaban J connectivity index is 1.42. The zero-order valence-corrected chi connectivity index (χ0v) is 15.5. The number of piperazine rings is 1. The van der Waals surface area contributed by atoms with Crippen molar-refractivity contribution in [2.75, 3.05) is 51.2 Å². The van der Waals surface area contributed by atoms with Crippen molar-refractivity contribution in [3.8, 4) is 0 Å². The van der Waals surface area contributed by atoms with Crippen molar-refractivity contribution in [1.82, 2.24) is 9.80 Å². The summed E-state index contributed by atoms with van der Waals surface area (Å²) in [4.78, 5) is 19.4. The Kier molecular flexibility index (Phi) is 5.97. The van der Waals surface area contributed by atoms with Gasteiger partial charge in [0.15, 0.2) is 0 Å². The maximum atomic E-state index is 12.7. The van der Waals surface area contributed by atoms with Gasteiger partial charge in [0.25, 0.3) is 0 Å². The summed E-state index contributed by atoms with van der Waals surface area (Å²) < 4.78 is 0. The fourth-order valence-electron chi connectivity index (χ4n) is 4.04. The minimum Gasteiger partial charge on any atom is -0.369 e. The van der Waals surface area contributed by atoms with Gasteiger partial charge in [-0.2, -0.15) is 0 Å². The third-order valence-corrected chi connectivity index (χ3v) is 5.76.